The molecule has 3 nitrogen and oxygen atoms in total. The SMILES string of the molecule is CC(C)NCc1ncc(-c2cc3ccc(F)cc3s2)o1. The van der Waals surface area contributed by atoms with Gasteiger partial charge in [-0.1, -0.05) is 19.9 Å². The molecule has 0 saturated carbocycles. The number of hydrogen-bond donors (Lipinski definition) is 1. The van der Waals surface area contributed by atoms with E-state index >= 15 is 0 Å². The summed E-state index contributed by atoms with van der Waals surface area (Å²) in [6, 6.07) is 7.18. The number of rotatable bonds is 4. The molecule has 0 radical (unpaired) electrons. The van der Waals surface area contributed by atoms with Crippen LogP contribution in [0.5, 0.6) is 0 Å². The van der Waals surface area contributed by atoms with Gasteiger partial charge in [0.25, 0.3) is 0 Å². The van der Waals surface area contributed by atoms with Crippen molar-refractivity contribution in [1.29, 1.82) is 0 Å². The van der Waals surface area contributed by atoms with Gasteiger partial charge in [0.1, 0.15) is 5.82 Å². The van der Waals surface area contributed by atoms with Gasteiger partial charge in [-0.25, -0.2) is 9.37 Å². The van der Waals surface area contributed by atoms with Crippen LogP contribution in [0.2, 0.25) is 0 Å². The average Bonchev–Trinajstić information content (AvgIpc) is 3.01. The van der Waals surface area contributed by atoms with E-state index in [1.54, 1.807) is 18.3 Å². The Bertz CT molecular complexity index is 732. The first kappa shape index (κ1) is 13.3. The largest absolute Gasteiger partial charge is 0.438 e. The second-order valence-electron chi connectivity index (χ2n) is 4.95. The van der Waals surface area contributed by atoms with Gasteiger partial charge in [0.2, 0.25) is 5.89 Å². The number of nitrogens with zero attached hydrogens (tertiary/aromatic N) is 1. The third-order valence-electron chi connectivity index (χ3n) is 2.94. The first-order valence-electron chi connectivity index (χ1n) is 6.49. The standard InChI is InChI=1S/C15H15FN2OS/c1-9(2)17-8-15-18-7-12(19-15)14-5-10-3-4-11(16)6-13(10)20-14/h3-7,9,17H,8H2,1-2H3. The zero-order valence-corrected chi connectivity index (χ0v) is 12.1. The number of thiophene rings is 1. The molecule has 0 saturated heterocycles. The molecular weight excluding hydrogens is 275 g/mol. The third-order valence-corrected chi connectivity index (χ3v) is 4.05. The van der Waals surface area contributed by atoms with Gasteiger partial charge in [0.15, 0.2) is 5.76 Å². The molecule has 0 fully saturated rings. The lowest BCUT2D eigenvalue weighted by molar-refractivity contribution is 0.459. The van der Waals surface area contributed by atoms with Gasteiger partial charge < -0.3 is 9.73 Å². The molecule has 3 rings (SSSR count). The molecule has 3 aromatic rings. The summed E-state index contributed by atoms with van der Waals surface area (Å²) in [6.07, 6.45) is 1.72. The van der Waals surface area contributed by atoms with Crippen LogP contribution < -0.4 is 5.32 Å². The van der Waals surface area contributed by atoms with Crippen molar-refractivity contribution in [3.63, 3.8) is 0 Å². The fourth-order valence-corrected chi connectivity index (χ4v) is 2.96. The maximum atomic E-state index is 13.2. The molecule has 2 aromatic heterocycles. The Kier molecular flexibility index (Phi) is 3.54. The van der Waals surface area contributed by atoms with E-state index in [0.717, 1.165) is 20.7 Å². The van der Waals surface area contributed by atoms with Crippen molar-refractivity contribution in [2.75, 3.05) is 0 Å². The first-order chi connectivity index (χ1) is 9.61. The Balaban J connectivity index is 1.87. The number of hydrogen-bond acceptors (Lipinski definition) is 4. The molecule has 20 heavy (non-hydrogen) atoms. The van der Waals surface area contributed by atoms with Gasteiger partial charge in [0, 0.05) is 10.7 Å². The number of aromatic nitrogens is 1. The zero-order chi connectivity index (χ0) is 14.1. The lowest BCUT2D eigenvalue weighted by atomic mass is 10.2. The topological polar surface area (TPSA) is 38.1 Å². The van der Waals surface area contributed by atoms with Gasteiger partial charge >= 0.3 is 0 Å². The highest BCUT2D eigenvalue weighted by molar-refractivity contribution is 7.22. The molecule has 0 unspecified atom stereocenters. The van der Waals surface area contributed by atoms with Crippen LogP contribution >= 0.6 is 11.3 Å². The fourth-order valence-electron chi connectivity index (χ4n) is 1.92. The minimum Gasteiger partial charge on any atom is -0.438 e. The summed E-state index contributed by atoms with van der Waals surface area (Å²) in [5, 5.41) is 4.28. The molecule has 2 heterocycles. The molecule has 1 aromatic carbocycles. The van der Waals surface area contributed by atoms with Gasteiger partial charge in [-0.3, -0.25) is 0 Å². The average molecular weight is 290 g/mol. The highest BCUT2D eigenvalue weighted by Crippen LogP contribution is 2.34. The van der Waals surface area contributed by atoms with Gasteiger partial charge in [-0.05, 0) is 23.6 Å². The lowest BCUT2D eigenvalue weighted by Crippen LogP contribution is -2.21. The van der Waals surface area contributed by atoms with E-state index in [-0.39, 0.29) is 5.82 Å². The smallest absolute Gasteiger partial charge is 0.208 e. The van der Waals surface area contributed by atoms with Gasteiger partial charge in [-0.15, -0.1) is 11.3 Å². The van der Waals surface area contributed by atoms with Crippen molar-refractivity contribution < 1.29 is 8.81 Å². The van der Waals surface area contributed by atoms with Crippen molar-refractivity contribution in [3.05, 3.63) is 42.2 Å². The molecule has 0 atom stereocenters. The van der Waals surface area contributed by atoms with Crippen LogP contribution in [-0.2, 0) is 6.54 Å². The molecule has 0 spiro atoms. The van der Waals surface area contributed by atoms with E-state index in [4.69, 9.17) is 4.42 Å². The molecule has 104 valence electrons. The second kappa shape index (κ2) is 5.34. The first-order valence-corrected chi connectivity index (χ1v) is 7.31. The Hall–Kier alpha value is -1.72. The van der Waals surface area contributed by atoms with Crippen LogP contribution in [0.1, 0.15) is 19.7 Å². The van der Waals surface area contributed by atoms with E-state index in [1.165, 1.54) is 17.4 Å². The van der Waals surface area contributed by atoms with Crippen LogP contribution in [0.15, 0.2) is 34.9 Å². The number of oxazole rings is 1. The molecule has 1 N–H and O–H groups in total. The van der Waals surface area contributed by atoms with E-state index in [1.807, 2.05) is 6.07 Å². The van der Waals surface area contributed by atoms with Crippen LogP contribution in [0.3, 0.4) is 0 Å². The summed E-state index contributed by atoms with van der Waals surface area (Å²) in [5.41, 5.74) is 0. The van der Waals surface area contributed by atoms with E-state index in [0.29, 0.717) is 18.5 Å². The molecule has 0 aliphatic rings. The molecule has 0 bridgehead atoms. The number of halogens is 1. The second-order valence-corrected chi connectivity index (χ2v) is 6.03. The van der Waals surface area contributed by atoms with Crippen LogP contribution in [-0.4, -0.2) is 11.0 Å². The molecular formula is C15H15FN2OS. The summed E-state index contributed by atoms with van der Waals surface area (Å²) in [7, 11) is 0. The van der Waals surface area contributed by atoms with Crippen molar-refractivity contribution >= 4 is 21.4 Å². The van der Waals surface area contributed by atoms with Crippen LogP contribution in [0.4, 0.5) is 4.39 Å². The maximum Gasteiger partial charge on any atom is 0.208 e. The summed E-state index contributed by atoms with van der Waals surface area (Å²) in [6.45, 7) is 4.76. The molecule has 0 aliphatic carbocycles. The van der Waals surface area contributed by atoms with E-state index < -0.39 is 0 Å². The van der Waals surface area contributed by atoms with Crippen LogP contribution in [0, 0.1) is 5.82 Å². The van der Waals surface area contributed by atoms with Crippen molar-refractivity contribution in [3.8, 4) is 10.6 Å². The summed E-state index contributed by atoms with van der Waals surface area (Å²) in [4.78, 5) is 5.22. The third kappa shape index (κ3) is 2.73. The van der Waals surface area contributed by atoms with Gasteiger partial charge in [0.05, 0.1) is 17.6 Å². The van der Waals surface area contributed by atoms with Crippen molar-refractivity contribution in [2.24, 2.45) is 0 Å². The maximum absolute atomic E-state index is 13.2. The highest BCUT2D eigenvalue weighted by atomic mass is 32.1. The number of benzene rings is 1. The normalized spacial score (nSPS) is 11.6. The number of fused-ring (bicyclic) bond motifs is 1. The zero-order valence-electron chi connectivity index (χ0n) is 11.3. The molecule has 0 aliphatic heterocycles. The van der Waals surface area contributed by atoms with E-state index in [2.05, 4.69) is 24.1 Å². The molecule has 0 amide bonds. The van der Waals surface area contributed by atoms with Crippen LogP contribution in [0.25, 0.3) is 20.7 Å². The van der Waals surface area contributed by atoms with Crippen molar-refractivity contribution in [2.45, 2.75) is 26.4 Å². The predicted molar refractivity (Wildman–Crippen MR) is 79.3 cm³/mol. The van der Waals surface area contributed by atoms with Crippen molar-refractivity contribution in [1.82, 2.24) is 10.3 Å². The highest BCUT2D eigenvalue weighted by Gasteiger charge is 2.10. The Morgan fingerprint density at radius 2 is 2.20 bits per heavy atom. The Labute approximate surface area is 120 Å². The van der Waals surface area contributed by atoms with Gasteiger partial charge in [-0.2, -0.15) is 0 Å². The Morgan fingerprint density at radius 1 is 1.35 bits per heavy atom. The Morgan fingerprint density at radius 3 is 3.00 bits per heavy atom. The molecule has 5 heteroatoms. The summed E-state index contributed by atoms with van der Waals surface area (Å²) < 4.78 is 19.8. The minimum absolute atomic E-state index is 0.217. The monoisotopic (exact) mass is 290 g/mol. The lowest BCUT2D eigenvalue weighted by Gasteiger charge is -2.03. The minimum atomic E-state index is -0.217. The number of nitrogens with one attached hydrogen (secondary N) is 1. The fraction of sp³-hybridized carbons (Fsp3) is 0.267. The van der Waals surface area contributed by atoms with E-state index in [9.17, 15) is 4.39 Å². The predicted octanol–water partition coefficient (Wildman–Crippen LogP) is 4.19. The summed E-state index contributed by atoms with van der Waals surface area (Å²) in [5.74, 6) is 1.18. The summed E-state index contributed by atoms with van der Waals surface area (Å²) >= 11 is 1.51. The quantitative estimate of drug-likeness (QED) is 0.783.